The van der Waals surface area contributed by atoms with Gasteiger partial charge in [-0.15, -0.1) is 0 Å². The molecule has 31 heavy (non-hydrogen) atoms. The Morgan fingerprint density at radius 3 is 2.42 bits per heavy atom. The van der Waals surface area contributed by atoms with E-state index in [1.54, 1.807) is 0 Å². The van der Waals surface area contributed by atoms with Gasteiger partial charge in [0.1, 0.15) is 5.69 Å². The van der Waals surface area contributed by atoms with Crippen LogP contribution >= 0.6 is 0 Å². The second-order valence-electron chi connectivity index (χ2n) is 8.22. The summed E-state index contributed by atoms with van der Waals surface area (Å²) in [5.74, 6) is 0.0342. The van der Waals surface area contributed by atoms with E-state index in [9.17, 15) is 9.59 Å². The fourth-order valence-electron chi connectivity index (χ4n) is 4.08. The zero-order valence-corrected chi connectivity index (χ0v) is 18.2. The maximum Gasteiger partial charge on any atom is 0.270 e. The Labute approximate surface area is 183 Å². The van der Waals surface area contributed by atoms with E-state index in [0.717, 1.165) is 22.9 Å². The van der Waals surface area contributed by atoms with Gasteiger partial charge in [0.05, 0.1) is 12.6 Å². The van der Waals surface area contributed by atoms with Crippen molar-refractivity contribution in [3.05, 3.63) is 71.4 Å². The van der Waals surface area contributed by atoms with Crippen molar-refractivity contribution < 1.29 is 9.59 Å². The van der Waals surface area contributed by atoms with E-state index >= 15 is 0 Å². The molecule has 1 aliphatic heterocycles. The Kier molecular flexibility index (Phi) is 6.37. The number of para-hydroxylation sites is 1. The molecule has 2 heterocycles. The number of aryl methyl sites for hydroxylation is 1. The van der Waals surface area contributed by atoms with Crippen molar-refractivity contribution >= 4 is 22.7 Å². The van der Waals surface area contributed by atoms with Gasteiger partial charge in [-0.3, -0.25) is 14.5 Å². The van der Waals surface area contributed by atoms with Gasteiger partial charge in [0.25, 0.3) is 5.91 Å². The Bertz CT molecular complexity index is 1020. The Balaban J connectivity index is 1.26. The van der Waals surface area contributed by atoms with Crippen molar-refractivity contribution in [2.75, 3.05) is 32.7 Å². The number of hydrogen-bond acceptors (Lipinski definition) is 3. The van der Waals surface area contributed by atoms with Crippen LogP contribution in [-0.4, -0.2) is 59.3 Å². The Morgan fingerprint density at radius 1 is 1.03 bits per heavy atom. The lowest BCUT2D eigenvalue weighted by molar-refractivity contribution is -0.123. The molecule has 1 saturated heterocycles. The number of H-pyrrole nitrogens is 1. The average Bonchev–Trinajstić information content (AvgIpc) is 3.23. The summed E-state index contributed by atoms with van der Waals surface area (Å²) in [6, 6.07) is 18.2. The SMILES string of the molecule is CCc1ccc(C(C)NC(=O)CN2CCN(C(=O)c3cc4ccccc4[nH]3)CC2)cc1. The third-order valence-corrected chi connectivity index (χ3v) is 6.05. The van der Waals surface area contributed by atoms with Crippen molar-refractivity contribution in [2.24, 2.45) is 0 Å². The molecule has 4 rings (SSSR count). The molecule has 2 N–H and O–H groups in total. The molecule has 0 aliphatic carbocycles. The summed E-state index contributed by atoms with van der Waals surface area (Å²) < 4.78 is 0. The van der Waals surface area contributed by atoms with Gasteiger partial charge in [-0.1, -0.05) is 49.4 Å². The third kappa shape index (κ3) is 4.97. The van der Waals surface area contributed by atoms with E-state index in [1.807, 2.05) is 42.2 Å². The third-order valence-electron chi connectivity index (χ3n) is 6.05. The molecule has 1 atom stereocenters. The fourth-order valence-corrected chi connectivity index (χ4v) is 4.08. The van der Waals surface area contributed by atoms with Crippen LogP contribution < -0.4 is 5.32 Å². The molecule has 1 unspecified atom stereocenters. The highest BCUT2D eigenvalue weighted by molar-refractivity contribution is 5.98. The quantitative estimate of drug-likeness (QED) is 0.645. The summed E-state index contributed by atoms with van der Waals surface area (Å²) in [6.45, 7) is 7.12. The number of carbonyl (C=O) groups excluding carboxylic acids is 2. The van der Waals surface area contributed by atoms with Gasteiger partial charge < -0.3 is 15.2 Å². The molecular weight excluding hydrogens is 388 g/mol. The van der Waals surface area contributed by atoms with Crippen LogP contribution in [0.2, 0.25) is 0 Å². The van der Waals surface area contributed by atoms with Crippen molar-refractivity contribution in [1.29, 1.82) is 0 Å². The molecule has 0 radical (unpaired) electrons. The minimum absolute atomic E-state index is 0.0162. The molecule has 2 aromatic carbocycles. The minimum Gasteiger partial charge on any atom is -0.351 e. The number of aromatic nitrogens is 1. The number of benzene rings is 2. The molecular formula is C25H30N4O2. The lowest BCUT2D eigenvalue weighted by atomic mass is 10.1. The maximum atomic E-state index is 12.8. The van der Waals surface area contributed by atoms with Gasteiger partial charge >= 0.3 is 0 Å². The zero-order chi connectivity index (χ0) is 21.8. The molecule has 3 aromatic rings. The van der Waals surface area contributed by atoms with Crippen LogP contribution in [0, 0.1) is 0 Å². The van der Waals surface area contributed by atoms with Gasteiger partial charge in [-0.05, 0) is 36.6 Å². The first-order valence-electron chi connectivity index (χ1n) is 11.0. The van der Waals surface area contributed by atoms with E-state index < -0.39 is 0 Å². The number of piperazine rings is 1. The van der Waals surface area contributed by atoms with Gasteiger partial charge in [0, 0.05) is 37.1 Å². The number of carbonyl (C=O) groups is 2. The fraction of sp³-hybridized carbons (Fsp3) is 0.360. The molecule has 1 fully saturated rings. The van der Waals surface area contributed by atoms with Crippen molar-refractivity contribution in [1.82, 2.24) is 20.1 Å². The van der Waals surface area contributed by atoms with Gasteiger partial charge in [-0.2, -0.15) is 0 Å². The first-order valence-corrected chi connectivity index (χ1v) is 11.0. The molecule has 6 heteroatoms. The standard InChI is InChI=1S/C25H30N4O2/c1-3-19-8-10-20(11-9-19)18(2)26-24(30)17-28-12-14-29(15-13-28)25(31)23-16-21-6-4-5-7-22(21)27-23/h4-11,16,18,27H,3,12-15,17H2,1-2H3,(H,26,30). The molecule has 0 bridgehead atoms. The number of rotatable bonds is 6. The van der Waals surface area contributed by atoms with Crippen molar-refractivity contribution in [3.8, 4) is 0 Å². The van der Waals surface area contributed by atoms with Crippen molar-refractivity contribution in [3.63, 3.8) is 0 Å². The summed E-state index contributed by atoms with van der Waals surface area (Å²) in [5, 5.41) is 4.13. The molecule has 0 spiro atoms. The lowest BCUT2D eigenvalue weighted by Gasteiger charge is -2.34. The smallest absolute Gasteiger partial charge is 0.270 e. The van der Waals surface area contributed by atoms with E-state index in [4.69, 9.17) is 0 Å². The second-order valence-corrected chi connectivity index (χ2v) is 8.22. The van der Waals surface area contributed by atoms with E-state index in [0.29, 0.717) is 38.4 Å². The van der Waals surface area contributed by atoms with Gasteiger partial charge in [0.2, 0.25) is 5.91 Å². The van der Waals surface area contributed by atoms with Crippen LogP contribution in [0.15, 0.2) is 54.6 Å². The molecule has 162 valence electrons. The topological polar surface area (TPSA) is 68.4 Å². The highest BCUT2D eigenvalue weighted by Gasteiger charge is 2.24. The predicted molar refractivity (Wildman–Crippen MR) is 123 cm³/mol. The molecule has 1 aromatic heterocycles. The van der Waals surface area contributed by atoms with Crippen LogP contribution in [0.3, 0.4) is 0 Å². The van der Waals surface area contributed by atoms with Crippen LogP contribution in [0.1, 0.15) is 41.5 Å². The van der Waals surface area contributed by atoms with Crippen LogP contribution in [0.4, 0.5) is 0 Å². The summed E-state index contributed by atoms with van der Waals surface area (Å²) >= 11 is 0. The van der Waals surface area contributed by atoms with Crippen LogP contribution in [0.25, 0.3) is 10.9 Å². The molecule has 6 nitrogen and oxygen atoms in total. The number of fused-ring (bicyclic) bond motifs is 1. The van der Waals surface area contributed by atoms with Crippen LogP contribution in [-0.2, 0) is 11.2 Å². The summed E-state index contributed by atoms with van der Waals surface area (Å²) in [5.41, 5.74) is 4.00. The van der Waals surface area contributed by atoms with Gasteiger partial charge in [0.15, 0.2) is 0 Å². The number of nitrogens with one attached hydrogen (secondary N) is 2. The number of aromatic amines is 1. The summed E-state index contributed by atoms with van der Waals surface area (Å²) in [6.07, 6.45) is 1.01. The molecule has 1 aliphatic rings. The number of nitrogens with zero attached hydrogens (tertiary/aromatic N) is 2. The molecule has 0 saturated carbocycles. The lowest BCUT2D eigenvalue weighted by Crippen LogP contribution is -2.51. The average molecular weight is 419 g/mol. The monoisotopic (exact) mass is 418 g/mol. The zero-order valence-electron chi connectivity index (χ0n) is 18.2. The molecule has 2 amide bonds. The Morgan fingerprint density at radius 2 is 1.74 bits per heavy atom. The Hall–Kier alpha value is -3.12. The van der Waals surface area contributed by atoms with E-state index in [2.05, 4.69) is 46.4 Å². The van der Waals surface area contributed by atoms with Crippen molar-refractivity contribution in [2.45, 2.75) is 26.3 Å². The number of hydrogen-bond donors (Lipinski definition) is 2. The highest BCUT2D eigenvalue weighted by Crippen LogP contribution is 2.17. The maximum absolute atomic E-state index is 12.8. The van der Waals surface area contributed by atoms with Gasteiger partial charge in [-0.25, -0.2) is 0 Å². The predicted octanol–water partition coefficient (Wildman–Crippen LogP) is 3.37. The first-order chi connectivity index (χ1) is 15.0. The summed E-state index contributed by atoms with van der Waals surface area (Å²) in [7, 11) is 0. The first kappa shape index (κ1) is 21.1. The van der Waals surface area contributed by atoms with E-state index in [-0.39, 0.29) is 17.9 Å². The van der Waals surface area contributed by atoms with E-state index in [1.165, 1.54) is 5.56 Å². The summed E-state index contributed by atoms with van der Waals surface area (Å²) in [4.78, 5) is 32.5. The normalized spacial score (nSPS) is 15.7. The van der Waals surface area contributed by atoms with Crippen LogP contribution in [0.5, 0.6) is 0 Å². The minimum atomic E-state index is -0.0247. The highest BCUT2D eigenvalue weighted by atomic mass is 16.2. The second kappa shape index (κ2) is 9.35. The largest absolute Gasteiger partial charge is 0.351 e. The number of amides is 2.